The molecule has 1 amide bonds. The van der Waals surface area contributed by atoms with Gasteiger partial charge in [0, 0.05) is 6.08 Å². The predicted octanol–water partition coefficient (Wildman–Crippen LogP) is 3.98. The van der Waals surface area contributed by atoms with Crippen LogP contribution in [0.1, 0.15) is 30.5 Å². The maximum absolute atomic E-state index is 12.2. The lowest BCUT2D eigenvalue weighted by molar-refractivity contribution is -0.117. The fourth-order valence-corrected chi connectivity index (χ4v) is 2.36. The van der Waals surface area contributed by atoms with E-state index < -0.39 is 0 Å². The second kappa shape index (κ2) is 8.77. The Hall–Kier alpha value is -2.75. The molecule has 4 nitrogen and oxygen atoms in total. The number of amides is 1. The fraction of sp³-hybridized carbons (Fsp3) is 0.250. The molecule has 1 N–H and O–H groups in total. The Morgan fingerprint density at radius 2 is 1.54 bits per heavy atom. The SMILES string of the molecule is CCC(NC(=O)/C=C/c1ccc(OC)cc1)c1ccc(OC)cc1. The van der Waals surface area contributed by atoms with Gasteiger partial charge in [0.15, 0.2) is 0 Å². The van der Waals surface area contributed by atoms with Crippen LogP contribution in [0.4, 0.5) is 0 Å². The molecular weight excluding hydrogens is 302 g/mol. The summed E-state index contributed by atoms with van der Waals surface area (Å²) < 4.78 is 10.3. The van der Waals surface area contributed by atoms with Crippen molar-refractivity contribution in [2.75, 3.05) is 14.2 Å². The van der Waals surface area contributed by atoms with Crippen LogP contribution < -0.4 is 14.8 Å². The Morgan fingerprint density at radius 1 is 1.00 bits per heavy atom. The van der Waals surface area contributed by atoms with Crippen LogP contribution in [0.2, 0.25) is 0 Å². The molecule has 126 valence electrons. The number of ether oxygens (including phenoxy) is 2. The second-order valence-corrected chi connectivity index (χ2v) is 5.35. The first-order valence-corrected chi connectivity index (χ1v) is 7.92. The van der Waals surface area contributed by atoms with Gasteiger partial charge in [-0.3, -0.25) is 4.79 Å². The fourth-order valence-electron chi connectivity index (χ4n) is 2.36. The molecule has 2 aromatic carbocycles. The van der Waals surface area contributed by atoms with Crippen molar-refractivity contribution in [3.05, 3.63) is 65.7 Å². The van der Waals surface area contributed by atoms with Gasteiger partial charge in [-0.25, -0.2) is 0 Å². The number of carbonyl (C=O) groups excluding carboxylic acids is 1. The molecule has 0 fully saturated rings. The summed E-state index contributed by atoms with van der Waals surface area (Å²) in [4.78, 5) is 12.2. The minimum atomic E-state index is -0.117. The zero-order valence-electron chi connectivity index (χ0n) is 14.3. The van der Waals surface area contributed by atoms with Crippen LogP contribution in [-0.2, 0) is 4.79 Å². The summed E-state index contributed by atoms with van der Waals surface area (Å²) in [6, 6.07) is 15.3. The van der Waals surface area contributed by atoms with Crippen molar-refractivity contribution in [2.45, 2.75) is 19.4 Å². The second-order valence-electron chi connectivity index (χ2n) is 5.35. The Morgan fingerprint density at radius 3 is 2.04 bits per heavy atom. The summed E-state index contributed by atoms with van der Waals surface area (Å²) in [5.74, 6) is 1.48. The summed E-state index contributed by atoms with van der Waals surface area (Å²) in [6.45, 7) is 2.04. The Balaban J connectivity index is 1.98. The van der Waals surface area contributed by atoms with Gasteiger partial charge in [0.05, 0.1) is 20.3 Å². The van der Waals surface area contributed by atoms with Crippen molar-refractivity contribution in [1.29, 1.82) is 0 Å². The van der Waals surface area contributed by atoms with Gasteiger partial charge in [-0.1, -0.05) is 31.2 Å². The van der Waals surface area contributed by atoms with E-state index in [-0.39, 0.29) is 11.9 Å². The highest BCUT2D eigenvalue weighted by Crippen LogP contribution is 2.20. The normalized spacial score (nSPS) is 12.0. The summed E-state index contributed by atoms with van der Waals surface area (Å²) in [5.41, 5.74) is 2.01. The molecule has 0 heterocycles. The van der Waals surface area contributed by atoms with Gasteiger partial charge in [-0.2, -0.15) is 0 Å². The van der Waals surface area contributed by atoms with E-state index in [1.54, 1.807) is 26.4 Å². The number of benzene rings is 2. The molecule has 24 heavy (non-hydrogen) atoms. The van der Waals surface area contributed by atoms with E-state index in [1.165, 1.54) is 0 Å². The van der Waals surface area contributed by atoms with Crippen molar-refractivity contribution in [2.24, 2.45) is 0 Å². The van der Waals surface area contributed by atoms with Crippen LogP contribution in [0.5, 0.6) is 11.5 Å². The summed E-state index contributed by atoms with van der Waals surface area (Å²) in [5, 5.41) is 3.02. The van der Waals surface area contributed by atoms with E-state index >= 15 is 0 Å². The summed E-state index contributed by atoms with van der Waals surface area (Å²) in [7, 11) is 3.26. The molecule has 4 heteroatoms. The number of rotatable bonds is 7. The van der Waals surface area contributed by atoms with Gasteiger partial charge in [-0.05, 0) is 47.9 Å². The lowest BCUT2D eigenvalue weighted by Crippen LogP contribution is -2.26. The highest BCUT2D eigenvalue weighted by Gasteiger charge is 2.11. The minimum absolute atomic E-state index is 0.0241. The van der Waals surface area contributed by atoms with Crippen molar-refractivity contribution >= 4 is 12.0 Å². The van der Waals surface area contributed by atoms with Crippen molar-refractivity contribution in [1.82, 2.24) is 5.32 Å². The van der Waals surface area contributed by atoms with E-state index in [1.807, 2.05) is 55.5 Å². The molecule has 2 rings (SSSR count). The average molecular weight is 325 g/mol. The molecule has 0 aliphatic rings. The molecule has 1 unspecified atom stereocenters. The summed E-state index contributed by atoms with van der Waals surface area (Å²) in [6.07, 6.45) is 4.15. The zero-order chi connectivity index (χ0) is 17.4. The molecule has 0 aromatic heterocycles. The quantitative estimate of drug-likeness (QED) is 0.783. The smallest absolute Gasteiger partial charge is 0.244 e. The van der Waals surface area contributed by atoms with Gasteiger partial charge in [0.1, 0.15) is 11.5 Å². The monoisotopic (exact) mass is 325 g/mol. The predicted molar refractivity (Wildman–Crippen MR) is 96.2 cm³/mol. The van der Waals surface area contributed by atoms with E-state index in [0.29, 0.717) is 0 Å². The molecule has 1 atom stereocenters. The molecular formula is C20H23NO3. The van der Waals surface area contributed by atoms with E-state index in [2.05, 4.69) is 5.32 Å². The van der Waals surface area contributed by atoms with Crippen LogP contribution in [0.3, 0.4) is 0 Å². The molecule has 0 aliphatic heterocycles. The first kappa shape index (κ1) is 17.6. The number of hydrogen-bond donors (Lipinski definition) is 1. The molecule has 0 bridgehead atoms. The largest absolute Gasteiger partial charge is 0.497 e. The van der Waals surface area contributed by atoms with Crippen molar-refractivity contribution < 1.29 is 14.3 Å². The third-order valence-corrected chi connectivity index (χ3v) is 3.79. The van der Waals surface area contributed by atoms with Gasteiger partial charge in [-0.15, -0.1) is 0 Å². The molecule has 0 radical (unpaired) electrons. The molecule has 2 aromatic rings. The standard InChI is InChI=1S/C20H23NO3/c1-4-19(16-8-12-18(24-3)13-9-16)21-20(22)14-7-15-5-10-17(23-2)11-6-15/h5-14,19H,4H2,1-3H3,(H,21,22)/b14-7+. The number of nitrogens with one attached hydrogen (secondary N) is 1. The van der Waals surface area contributed by atoms with Gasteiger partial charge >= 0.3 is 0 Å². The number of carbonyl (C=O) groups is 1. The van der Waals surface area contributed by atoms with E-state index in [9.17, 15) is 4.79 Å². The Kier molecular flexibility index (Phi) is 6.43. The Bertz CT molecular complexity index is 675. The maximum Gasteiger partial charge on any atom is 0.244 e. The van der Waals surface area contributed by atoms with Gasteiger partial charge < -0.3 is 14.8 Å². The van der Waals surface area contributed by atoms with Gasteiger partial charge in [0.2, 0.25) is 5.91 Å². The number of hydrogen-bond acceptors (Lipinski definition) is 3. The first-order chi connectivity index (χ1) is 11.7. The van der Waals surface area contributed by atoms with Gasteiger partial charge in [0.25, 0.3) is 0 Å². The highest BCUT2D eigenvalue weighted by molar-refractivity contribution is 5.92. The van der Waals surface area contributed by atoms with Crippen LogP contribution in [0.25, 0.3) is 6.08 Å². The number of methoxy groups -OCH3 is 2. The van der Waals surface area contributed by atoms with Crippen molar-refractivity contribution in [3.8, 4) is 11.5 Å². The third-order valence-electron chi connectivity index (χ3n) is 3.79. The van der Waals surface area contributed by atoms with Crippen LogP contribution >= 0.6 is 0 Å². The molecule has 0 saturated heterocycles. The van der Waals surface area contributed by atoms with E-state index in [0.717, 1.165) is 29.0 Å². The summed E-state index contributed by atoms with van der Waals surface area (Å²) >= 11 is 0. The van der Waals surface area contributed by atoms with Crippen molar-refractivity contribution in [3.63, 3.8) is 0 Å². The first-order valence-electron chi connectivity index (χ1n) is 7.92. The topological polar surface area (TPSA) is 47.6 Å². The lowest BCUT2D eigenvalue weighted by Gasteiger charge is -2.16. The highest BCUT2D eigenvalue weighted by atomic mass is 16.5. The van der Waals surface area contributed by atoms with Crippen LogP contribution in [0, 0.1) is 0 Å². The molecule has 0 aliphatic carbocycles. The maximum atomic E-state index is 12.2. The zero-order valence-corrected chi connectivity index (χ0v) is 14.3. The molecule has 0 spiro atoms. The van der Waals surface area contributed by atoms with Crippen LogP contribution in [0.15, 0.2) is 54.6 Å². The minimum Gasteiger partial charge on any atom is -0.497 e. The van der Waals surface area contributed by atoms with Crippen LogP contribution in [-0.4, -0.2) is 20.1 Å². The molecule has 0 saturated carbocycles. The lowest BCUT2D eigenvalue weighted by atomic mass is 10.0. The average Bonchev–Trinajstić information content (AvgIpc) is 2.65. The Labute approximate surface area is 143 Å². The third kappa shape index (κ3) is 4.88. The van der Waals surface area contributed by atoms with E-state index in [4.69, 9.17) is 9.47 Å².